The Labute approximate surface area is 351 Å². The van der Waals surface area contributed by atoms with E-state index in [1.807, 2.05) is 12.1 Å². The average molecular weight is 810 g/mol. The number of hydrogen-bond donors (Lipinski definition) is 0. The van der Waals surface area contributed by atoms with Gasteiger partial charge in [-0.2, -0.15) is 0 Å². The third kappa shape index (κ3) is 21.0. The molecule has 0 aromatic heterocycles. The summed E-state index contributed by atoms with van der Waals surface area (Å²) in [6.07, 6.45) is 36.0. The Bertz CT molecular complexity index is 1510. The maximum absolute atomic E-state index is 11.2. The van der Waals surface area contributed by atoms with Crippen molar-refractivity contribution >= 4 is 45.1 Å². The molecule has 0 fully saturated rings. The number of benzene rings is 3. The van der Waals surface area contributed by atoms with Gasteiger partial charge in [-0.25, -0.2) is 0 Å². The quantitative estimate of drug-likeness (QED) is 0.0331. The highest BCUT2D eigenvalue weighted by molar-refractivity contribution is 6.31. The predicted molar refractivity (Wildman–Crippen MR) is 240 cm³/mol. The lowest BCUT2D eigenvalue weighted by Gasteiger charge is -2.18. The number of carbonyl (C=O) groups excluding carboxylic acids is 2. The third-order valence-corrected chi connectivity index (χ3v) is 11.6. The van der Waals surface area contributed by atoms with Crippen molar-refractivity contribution in [3.8, 4) is 11.5 Å². The molecule has 0 unspecified atom stereocenters. The highest BCUT2D eigenvalue weighted by Gasteiger charge is 2.17. The van der Waals surface area contributed by atoms with Gasteiger partial charge in [-0.05, 0) is 43.9 Å². The van der Waals surface area contributed by atoms with Crippen molar-refractivity contribution in [1.82, 2.24) is 0 Å². The minimum absolute atomic E-state index is 0.0839. The van der Waals surface area contributed by atoms with Crippen LogP contribution in [0, 0.1) is 0 Å². The van der Waals surface area contributed by atoms with Crippen molar-refractivity contribution in [3.05, 3.63) is 47.5 Å². The first-order valence-corrected chi connectivity index (χ1v) is 23.5. The molecule has 320 valence electrons. The molecule has 0 amide bonds. The molecule has 0 N–H and O–H groups in total. The minimum Gasteiger partial charge on any atom is -0.492 e. The fraction of sp³-hybridized carbons (Fsp3) is 0.680. The Morgan fingerprint density at radius 1 is 0.404 bits per heavy atom. The van der Waals surface area contributed by atoms with Gasteiger partial charge in [0, 0.05) is 39.4 Å². The van der Waals surface area contributed by atoms with Crippen molar-refractivity contribution in [2.45, 2.75) is 193 Å². The van der Waals surface area contributed by atoms with Crippen LogP contribution in [0.25, 0.3) is 21.5 Å². The van der Waals surface area contributed by atoms with Gasteiger partial charge in [0.1, 0.15) is 11.5 Å². The van der Waals surface area contributed by atoms with Gasteiger partial charge < -0.3 is 18.9 Å². The largest absolute Gasteiger partial charge is 0.492 e. The fourth-order valence-electron chi connectivity index (χ4n) is 7.92. The van der Waals surface area contributed by atoms with Crippen LogP contribution in [0.5, 0.6) is 11.5 Å². The first kappa shape index (κ1) is 48.4. The number of ether oxygens (including phenoxy) is 4. The van der Waals surface area contributed by atoms with Gasteiger partial charge in [-0.15, -0.1) is 0 Å². The molecule has 0 heterocycles. The molecule has 0 aliphatic heterocycles. The van der Waals surface area contributed by atoms with E-state index in [4.69, 9.17) is 30.5 Å². The number of halogens is 1. The van der Waals surface area contributed by atoms with E-state index in [9.17, 15) is 9.59 Å². The Kier molecular flexibility index (Phi) is 27.1. The van der Waals surface area contributed by atoms with Crippen LogP contribution in [0.3, 0.4) is 0 Å². The minimum atomic E-state index is -0.0842. The molecule has 0 aliphatic rings. The molecule has 6 nitrogen and oxygen atoms in total. The molecule has 57 heavy (non-hydrogen) atoms. The van der Waals surface area contributed by atoms with Crippen LogP contribution in [-0.2, 0) is 19.1 Å². The number of esters is 2. The van der Waals surface area contributed by atoms with Crippen LogP contribution in [-0.4, -0.2) is 39.4 Å². The smallest absolute Gasteiger partial charge is 0.305 e. The van der Waals surface area contributed by atoms with Crippen LogP contribution in [0.15, 0.2) is 42.5 Å². The van der Waals surface area contributed by atoms with E-state index >= 15 is 0 Å². The van der Waals surface area contributed by atoms with Crippen molar-refractivity contribution in [2.75, 3.05) is 27.4 Å². The van der Waals surface area contributed by atoms with E-state index in [-0.39, 0.29) is 11.9 Å². The van der Waals surface area contributed by atoms with E-state index < -0.39 is 0 Å². The first-order valence-electron chi connectivity index (χ1n) is 23.1. The Balaban J connectivity index is 1.27. The van der Waals surface area contributed by atoms with Crippen LogP contribution < -0.4 is 9.47 Å². The number of unbranched alkanes of at least 4 members (excludes halogenated alkanes) is 26. The monoisotopic (exact) mass is 809 g/mol. The summed E-state index contributed by atoms with van der Waals surface area (Å²) in [4.78, 5) is 22.3. The van der Waals surface area contributed by atoms with Gasteiger partial charge in [0.2, 0.25) is 0 Å². The molecule has 0 saturated heterocycles. The zero-order chi connectivity index (χ0) is 40.6. The number of fused-ring (bicyclic) bond motifs is 2. The summed E-state index contributed by atoms with van der Waals surface area (Å²) in [5, 5.41) is 5.02. The maximum Gasteiger partial charge on any atom is 0.305 e. The summed E-state index contributed by atoms with van der Waals surface area (Å²) >= 11 is 6.55. The fourth-order valence-corrected chi connectivity index (χ4v) is 8.09. The lowest BCUT2D eigenvalue weighted by Crippen LogP contribution is -2.02. The molecule has 0 atom stereocenters. The molecule has 3 aromatic rings. The summed E-state index contributed by atoms with van der Waals surface area (Å²) in [6.45, 7) is 1.42. The van der Waals surface area contributed by atoms with Gasteiger partial charge in [-0.3, -0.25) is 9.59 Å². The maximum atomic E-state index is 11.2. The lowest BCUT2D eigenvalue weighted by molar-refractivity contribution is -0.141. The van der Waals surface area contributed by atoms with Crippen molar-refractivity contribution in [1.29, 1.82) is 0 Å². The van der Waals surface area contributed by atoms with Crippen LogP contribution >= 0.6 is 11.6 Å². The van der Waals surface area contributed by atoms with Gasteiger partial charge in [-0.1, -0.05) is 190 Å². The highest BCUT2D eigenvalue weighted by atomic mass is 35.5. The molecule has 0 spiro atoms. The molecule has 0 bridgehead atoms. The number of methoxy groups -OCH3 is 2. The second-order valence-electron chi connectivity index (χ2n) is 16.1. The van der Waals surface area contributed by atoms with Gasteiger partial charge in [0.15, 0.2) is 0 Å². The molecular formula is C50H77ClO6. The van der Waals surface area contributed by atoms with Crippen molar-refractivity contribution in [2.24, 2.45) is 0 Å². The Morgan fingerprint density at radius 2 is 0.702 bits per heavy atom. The van der Waals surface area contributed by atoms with Crippen LogP contribution in [0.2, 0.25) is 5.02 Å². The summed E-state index contributed by atoms with van der Waals surface area (Å²) < 4.78 is 22.5. The van der Waals surface area contributed by atoms with Crippen LogP contribution in [0.1, 0.15) is 193 Å². The molecule has 3 aromatic carbocycles. The third-order valence-electron chi connectivity index (χ3n) is 11.4. The van der Waals surface area contributed by atoms with Crippen molar-refractivity contribution in [3.63, 3.8) is 0 Å². The molecule has 0 radical (unpaired) electrons. The number of hydrogen-bond acceptors (Lipinski definition) is 6. The summed E-state index contributed by atoms with van der Waals surface area (Å²) in [6, 6.07) is 14.6. The Morgan fingerprint density at radius 3 is 1.05 bits per heavy atom. The average Bonchev–Trinajstić information content (AvgIpc) is 3.23. The van der Waals surface area contributed by atoms with Crippen molar-refractivity contribution < 1.29 is 28.5 Å². The standard InChI is InChI=1S/C50H77ClO6/c1-54-47(52)35-27-23-19-15-11-7-3-5-9-13-17-21-25-31-39-56-49-43-33-29-30-34-44(43)50(46-41-42(51)37-38-45(46)49)57-40-32-26-22-18-14-10-6-4-8-12-16-20-24-28-36-48(53)55-2/h29-30,33-34,37-38,41H,3-28,31-32,35-36,39-40H2,1-2H3. The molecule has 0 aliphatic carbocycles. The molecule has 7 heteroatoms. The van der Waals surface area contributed by atoms with Gasteiger partial charge >= 0.3 is 11.9 Å². The highest BCUT2D eigenvalue weighted by Crippen LogP contribution is 2.43. The second kappa shape index (κ2) is 31.9. The zero-order valence-corrected chi connectivity index (χ0v) is 36.8. The predicted octanol–water partition coefficient (Wildman–Crippen LogP) is 15.5. The van der Waals surface area contributed by atoms with E-state index in [0.29, 0.717) is 31.1 Å². The zero-order valence-electron chi connectivity index (χ0n) is 36.0. The number of carbonyl (C=O) groups is 2. The van der Waals surface area contributed by atoms with E-state index in [1.165, 1.54) is 155 Å². The normalized spacial score (nSPS) is 11.4. The molecular weight excluding hydrogens is 732 g/mol. The summed E-state index contributed by atoms with van der Waals surface area (Å²) in [5.41, 5.74) is 0. The topological polar surface area (TPSA) is 71.1 Å². The van der Waals surface area contributed by atoms with Gasteiger partial charge in [0.25, 0.3) is 0 Å². The lowest BCUT2D eigenvalue weighted by atomic mass is 10.0. The second-order valence-corrected chi connectivity index (χ2v) is 16.6. The Hall–Kier alpha value is -2.99. The van der Waals surface area contributed by atoms with Crippen LogP contribution in [0.4, 0.5) is 0 Å². The SMILES string of the molecule is COC(=O)CCCCCCCCCCCCCCCCOc1c2ccccc2c(OCCCCCCCCCCCCCCCCC(=O)OC)c2cc(Cl)ccc12. The van der Waals surface area contributed by atoms with E-state index in [1.54, 1.807) is 0 Å². The summed E-state index contributed by atoms with van der Waals surface area (Å²) in [5.74, 6) is 1.70. The van der Waals surface area contributed by atoms with E-state index in [0.717, 1.165) is 71.6 Å². The van der Waals surface area contributed by atoms with Gasteiger partial charge in [0.05, 0.1) is 27.4 Å². The molecule has 3 rings (SSSR count). The summed E-state index contributed by atoms with van der Waals surface area (Å²) in [7, 11) is 2.93. The molecule has 0 saturated carbocycles. The van der Waals surface area contributed by atoms with E-state index in [2.05, 4.69) is 30.3 Å². The number of rotatable bonds is 36. The first-order chi connectivity index (χ1) is 28.0.